The number of aliphatic carboxylic acids is 1. The van der Waals surface area contributed by atoms with Crippen molar-refractivity contribution >= 4 is 11.9 Å². The maximum atomic E-state index is 11.0. The van der Waals surface area contributed by atoms with Crippen molar-refractivity contribution in [3.8, 4) is 0 Å². The molecule has 1 aliphatic heterocycles. The lowest BCUT2D eigenvalue weighted by atomic mass is 9.97. The Bertz CT molecular complexity index is 228. The van der Waals surface area contributed by atoms with Crippen LogP contribution >= 0.6 is 0 Å². The normalized spacial score (nSPS) is 28.6. The third-order valence-electron chi connectivity index (χ3n) is 2.33. The lowest BCUT2D eigenvalue weighted by Gasteiger charge is -2.33. The molecule has 2 N–H and O–H groups in total. The van der Waals surface area contributed by atoms with Gasteiger partial charge in [-0.25, -0.2) is 4.79 Å². The van der Waals surface area contributed by atoms with Crippen LogP contribution in [0.4, 0.5) is 0 Å². The zero-order valence-corrected chi connectivity index (χ0v) is 7.43. The molecule has 0 saturated carbocycles. The van der Waals surface area contributed by atoms with Crippen LogP contribution in [0.3, 0.4) is 0 Å². The van der Waals surface area contributed by atoms with Gasteiger partial charge in [-0.15, -0.1) is 0 Å². The highest BCUT2D eigenvalue weighted by Crippen LogP contribution is 2.16. The number of piperidine rings is 1. The maximum absolute atomic E-state index is 11.0. The van der Waals surface area contributed by atoms with E-state index in [1.807, 2.05) is 0 Å². The largest absolute Gasteiger partial charge is 0.474 e. The minimum absolute atomic E-state index is 0.0444. The van der Waals surface area contributed by atoms with Crippen molar-refractivity contribution < 1.29 is 19.8 Å². The smallest absolute Gasteiger partial charge is 0.394 e. The number of nitrogens with zero attached hydrogens (tertiary/aromatic N) is 1. The summed E-state index contributed by atoms with van der Waals surface area (Å²) in [4.78, 5) is 22.6. The summed E-state index contributed by atoms with van der Waals surface area (Å²) in [7, 11) is 0. The van der Waals surface area contributed by atoms with Crippen LogP contribution in [0, 0.1) is 5.92 Å². The molecular weight excluding hydrogens is 174 g/mol. The van der Waals surface area contributed by atoms with Gasteiger partial charge in [0, 0.05) is 13.1 Å². The van der Waals surface area contributed by atoms with Crippen LogP contribution in [0.5, 0.6) is 0 Å². The number of carboxylic acid groups (broad SMARTS) is 1. The molecule has 5 heteroatoms. The van der Waals surface area contributed by atoms with Crippen LogP contribution in [0.15, 0.2) is 0 Å². The van der Waals surface area contributed by atoms with Gasteiger partial charge in [-0.2, -0.15) is 0 Å². The molecule has 0 aromatic carbocycles. The number of amides is 1. The molecule has 1 rings (SSSR count). The van der Waals surface area contributed by atoms with E-state index in [1.165, 1.54) is 4.90 Å². The van der Waals surface area contributed by atoms with Crippen LogP contribution in [0.25, 0.3) is 0 Å². The number of hydrogen-bond acceptors (Lipinski definition) is 3. The Labute approximate surface area is 76.0 Å². The number of rotatable bonds is 0. The summed E-state index contributed by atoms with van der Waals surface area (Å²) in [5, 5.41) is 17.8. The third-order valence-corrected chi connectivity index (χ3v) is 2.33. The summed E-state index contributed by atoms with van der Waals surface area (Å²) in [5.74, 6) is -2.35. The van der Waals surface area contributed by atoms with Crippen molar-refractivity contribution in [3.05, 3.63) is 0 Å². The number of carboxylic acids is 1. The molecule has 0 spiro atoms. The highest BCUT2D eigenvalue weighted by atomic mass is 16.4. The molecule has 13 heavy (non-hydrogen) atoms. The first-order valence-electron chi connectivity index (χ1n) is 4.22. The van der Waals surface area contributed by atoms with E-state index < -0.39 is 18.0 Å². The first kappa shape index (κ1) is 9.98. The number of hydrogen-bond donors (Lipinski definition) is 2. The molecule has 0 aliphatic carbocycles. The van der Waals surface area contributed by atoms with Crippen molar-refractivity contribution in [2.75, 3.05) is 13.1 Å². The Morgan fingerprint density at radius 3 is 2.54 bits per heavy atom. The molecule has 1 fully saturated rings. The van der Waals surface area contributed by atoms with E-state index in [-0.39, 0.29) is 5.92 Å². The van der Waals surface area contributed by atoms with E-state index in [1.54, 1.807) is 6.92 Å². The monoisotopic (exact) mass is 187 g/mol. The first-order valence-corrected chi connectivity index (χ1v) is 4.22. The van der Waals surface area contributed by atoms with Gasteiger partial charge in [0.25, 0.3) is 0 Å². The van der Waals surface area contributed by atoms with Crippen LogP contribution < -0.4 is 0 Å². The van der Waals surface area contributed by atoms with E-state index in [4.69, 9.17) is 5.11 Å². The fourth-order valence-corrected chi connectivity index (χ4v) is 1.45. The Balaban J connectivity index is 2.55. The summed E-state index contributed by atoms with van der Waals surface area (Å²) in [5.41, 5.74) is 0. The summed E-state index contributed by atoms with van der Waals surface area (Å²) < 4.78 is 0. The van der Waals surface area contributed by atoms with Gasteiger partial charge in [-0.3, -0.25) is 4.79 Å². The first-order chi connectivity index (χ1) is 6.02. The van der Waals surface area contributed by atoms with Crippen LogP contribution in [-0.2, 0) is 9.59 Å². The van der Waals surface area contributed by atoms with E-state index in [9.17, 15) is 14.7 Å². The standard InChI is InChI=1S/C8H13NO4/c1-5-4-9(3-2-6(5)10)7(11)8(12)13/h5-6,10H,2-4H2,1H3,(H,12,13). The number of aliphatic hydroxyl groups excluding tert-OH is 1. The summed E-state index contributed by atoms with van der Waals surface area (Å²) in [6.07, 6.45) is 0.0399. The van der Waals surface area contributed by atoms with Crippen LogP contribution in [0.2, 0.25) is 0 Å². The van der Waals surface area contributed by atoms with Gasteiger partial charge in [-0.1, -0.05) is 6.92 Å². The van der Waals surface area contributed by atoms with E-state index in [2.05, 4.69) is 0 Å². The molecule has 2 unspecified atom stereocenters. The van der Waals surface area contributed by atoms with Crippen molar-refractivity contribution in [2.45, 2.75) is 19.4 Å². The molecule has 0 aromatic heterocycles. The minimum atomic E-state index is -1.43. The molecular formula is C8H13NO4. The molecule has 0 radical (unpaired) electrons. The fraction of sp³-hybridized carbons (Fsp3) is 0.750. The average molecular weight is 187 g/mol. The molecule has 1 saturated heterocycles. The number of likely N-dealkylation sites (tertiary alicyclic amines) is 1. The van der Waals surface area contributed by atoms with Crippen LogP contribution in [-0.4, -0.2) is 46.2 Å². The fourth-order valence-electron chi connectivity index (χ4n) is 1.45. The molecule has 5 nitrogen and oxygen atoms in total. The molecule has 2 atom stereocenters. The quantitative estimate of drug-likeness (QED) is 0.491. The Morgan fingerprint density at radius 1 is 1.46 bits per heavy atom. The predicted molar refractivity (Wildman–Crippen MR) is 44.0 cm³/mol. The lowest BCUT2D eigenvalue weighted by molar-refractivity contribution is -0.157. The Kier molecular flexibility index (Phi) is 2.87. The molecule has 0 aromatic rings. The average Bonchev–Trinajstić information content (AvgIpc) is 2.08. The predicted octanol–water partition coefficient (Wildman–Crippen LogP) is -0.700. The van der Waals surface area contributed by atoms with E-state index in [0.717, 1.165) is 0 Å². The number of aliphatic hydroxyl groups is 1. The number of carbonyl (C=O) groups is 2. The van der Waals surface area contributed by atoms with Gasteiger partial charge in [0.2, 0.25) is 0 Å². The summed E-state index contributed by atoms with van der Waals surface area (Å²) >= 11 is 0. The maximum Gasteiger partial charge on any atom is 0.394 e. The second-order valence-corrected chi connectivity index (χ2v) is 3.39. The molecule has 1 aliphatic rings. The SMILES string of the molecule is CC1CN(C(=O)C(=O)O)CCC1O. The molecule has 1 amide bonds. The van der Waals surface area contributed by atoms with Crippen molar-refractivity contribution in [3.63, 3.8) is 0 Å². The zero-order valence-electron chi connectivity index (χ0n) is 7.43. The summed E-state index contributed by atoms with van der Waals surface area (Å²) in [6.45, 7) is 2.45. The highest BCUT2D eigenvalue weighted by molar-refractivity contribution is 6.31. The van der Waals surface area contributed by atoms with Gasteiger partial charge < -0.3 is 15.1 Å². The van der Waals surface area contributed by atoms with Gasteiger partial charge in [0.05, 0.1) is 6.10 Å². The van der Waals surface area contributed by atoms with E-state index >= 15 is 0 Å². The molecule has 74 valence electrons. The minimum Gasteiger partial charge on any atom is -0.474 e. The van der Waals surface area contributed by atoms with Crippen molar-refractivity contribution in [2.24, 2.45) is 5.92 Å². The third kappa shape index (κ3) is 2.18. The van der Waals surface area contributed by atoms with Gasteiger partial charge >= 0.3 is 11.9 Å². The zero-order chi connectivity index (χ0) is 10.0. The van der Waals surface area contributed by atoms with Gasteiger partial charge in [0.15, 0.2) is 0 Å². The summed E-state index contributed by atoms with van der Waals surface area (Å²) in [6, 6.07) is 0. The molecule has 0 bridgehead atoms. The van der Waals surface area contributed by atoms with Gasteiger partial charge in [-0.05, 0) is 12.3 Å². The Morgan fingerprint density at radius 2 is 2.08 bits per heavy atom. The lowest BCUT2D eigenvalue weighted by Crippen LogP contribution is -2.47. The van der Waals surface area contributed by atoms with Gasteiger partial charge in [0.1, 0.15) is 0 Å². The molecule has 1 heterocycles. The Hall–Kier alpha value is -1.10. The van der Waals surface area contributed by atoms with E-state index in [0.29, 0.717) is 19.5 Å². The number of carbonyl (C=O) groups excluding carboxylic acids is 1. The second kappa shape index (κ2) is 3.74. The topological polar surface area (TPSA) is 77.8 Å². The van der Waals surface area contributed by atoms with Crippen LogP contribution in [0.1, 0.15) is 13.3 Å². The van der Waals surface area contributed by atoms with Crippen molar-refractivity contribution in [1.82, 2.24) is 4.90 Å². The van der Waals surface area contributed by atoms with Crippen molar-refractivity contribution in [1.29, 1.82) is 0 Å². The second-order valence-electron chi connectivity index (χ2n) is 3.39. The highest BCUT2D eigenvalue weighted by Gasteiger charge is 2.29.